The third-order valence-electron chi connectivity index (χ3n) is 4.08. The fraction of sp³-hybridized carbons (Fsp3) is 0.368. The molecule has 1 atom stereocenters. The third kappa shape index (κ3) is 3.27. The van der Waals surface area contributed by atoms with Gasteiger partial charge >= 0.3 is 0 Å². The van der Waals surface area contributed by atoms with E-state index in [1.165, 1.54) is 5.56 Å². The predicted octanol–water partition coefficient (Wildman–Crippen LogP) is 4.48. The molecule has 0 spiro atoms. The van der Waals surface area contributed by atoms with Gasteiger partial charge in [-0.1, -0.05) is 44.2 Å². The number of rotatable bonds is 4. The Morgan fingerprint density at radius 3 is 2.00 bits per heavy atom. The van der Waals surface area contributed by atoms with Gasteiger partial charge in [0.15, 0.2) is 0 Å². The van der Waals surface area contributed by atoms with E-state index in [2.05, 4.69) is 64.1 Å². The molecule has 0 heterocycles. The van der Waals surface area contributed by atoms with E-state index in [-0.39, 0.29) is 6.04 Å². The van der Waals surface area contributed by atoms with E-state index in [0.717, 1.165) is 28.0 Å². The zero-order chi connectivity index (χ0) is 15.6. The molecule has 2 nitrogen and oxygen atoms in total. The van der Waals surface area contributed by atoms with E-state index >= 15 is 0 Å². The fourth-order valence-corrected chi connectivity index (χ4v) is 2.63. The van der Waals surface area contributed by atoms with Crippen molar-refractivity contribution in [1.82, 2.24) is 0 Å². The van der Waals surface area contributed by atoms with Crippen LogP contribution in [-0.2, 0) is 0 Å². The largest absolute Gasteiger partial charge is 0.496 e. The normalized spacial score (nSPS) is 12.5. The molecule has 21 heavy (non-hydrogen) atoms. The maximum Gasteiger partial charge on any atom is 0.122 e. The molecule has 1 unspecified atom stereocenters. The van der Waals surface area contributed by atoms with Crippen molar-refractivity contribution < 1.29 is 4.74 Å². The number of hydrogen-bond donors (Lipinski definition) is 1. The predicted molar refractivity (Wildman–Crippen MR) is 89.0 cm³/mol. The zero-order valence-electron chi connectivity index (χ0n) is 13.6. The Labute approximate surface area is 127 Å². The average Bonchev–Trinajstić information content (AvgIpc) is 2.48. The van der Waals surface area contributed by atoms with Gasteiger partial charge < -0.3 is 10.5 Å². The summed E-state index contributed by atoms with van der Waals surface area (Å²) in [6.07, 6.45) is 0. The van der Waals surface area contributed by atoms with E-state index in [9.17, 15) is 0 Å². The number of aryl methyl sites for hydroxylation is 2. The average molecular weight is 283 g/mol. The second-order valence-electron chi connectivity index (χ2n) is 5.98. The molecule has 0 aliphatic carbocycles. The van der Waals surface area contributed by atoms with Crippen LogP contribution in [0.2, 0.25) is 0 Å². The lowest BCUT2D eigenvalue weighted by molar-refractivity contribution is 0.411. The van der Waals surface area contributed by atoms with Gasteiger partial charge in [0.05, 0.1) is 13.2 Å². The van der Waals surface area contributed by atoms with Crippen molar-refractivity contribution in [3.05, 3.63) is 64.2 Å². The summed E-state index contributed by atoms with van der Waals surface area (Å²) in [6, 6.07) is 12.7. The molecule has 0 aliphatic rings. The van der Waals surface area contributed by atoms with Gasteiger partial charge in [0.2, 0.25) is 0 Å². The van der Waals surface area contributed by atoms with Crippen LogP contribution < -0.4 is 10.5 Å². The van der Waals surface area contributed by atoms with Gasteiger partial charge in [0, 0.05) is 0 Å². The lowest BCUT2D eigenvalue weighted by atomic mass is 9.92. The molecule has 2 aromatic carbocycles. The highest BCUT2D eigenvalue weighted by Gasteiger charge is 2.14. The molecule has 0 saturated heterocycles. The van der Waals surface area contributed by atoms with E-state index in [0.29, 0.717) is 5.92 Å². The van der Waals surface area contributed by atoms with Crippen molar-refractivity contribution in [3.63, 3.8) is 0 Å². The quantitative estimate of drug-likeness (QED) is 0.897. The first-order valence-electron chi connectivity index (χ1n) is 7.44. The number of benzene rings is 2. The summed E-state index contributed by atoms with van der Waals surface area (Å²) in [5.74, 6) is 1.46. The summed E-state index contributed by atoms with van der Waals surface area (Å²) in [5, 5.41) is 0. The van der Waals surface area contributed by atoms with Crippen LogP contribution in [0.25, 0.3) is 0 Å². The lowest BCUT2D eigenvalue weighted by Gasteiger charge is -2.18. The molecule has 0 aliphatic heterocycles. The number of nitrogens with two attached hydrogens (primary N) is 1. The van der Waals surface area contributed by atoms with Gasteiger partial charge in [-0.2, -0.15) is 0 Å². The van der Waals surface area contributed by atoms with Gasteiger partial charge in [-0.3, -0.25) is 0 Å². The Morgan fingerprint density at radius 2 is 1.48 bits per heavy atom. The molecular weight excluding hydrogens is 258 g/mol. The third-order valence-corrected chi connectivity index (χ3v) is 4.08. The Hall–Kier alpha value is -1.80. The minimum Gasteiger partial charge on any atom is -0.496 e. The van der Waals surface area contributed by atoms with Crippen LogP contribution in [0.4, 0.5) is 0 Å². The van der Waals surface area contributed by atoms with Gasteiger partial charge in [0.1, 0.15) is 5.75 Å². The summed E-state index contributed by atoms with van der Waals surface area (Å²) < 4.78 is 5.37. The summed E-state index contributed by atoms with van der Waals surface area (Å²) in [4.78, 5) is 0. The smallest absolute Gasteiger partial charge is 0.122 e. The van der Waals surface area contributed by atoms with E-state index in [1.807, 2.05) is 0 Å². The summed E-state index contributed by atoms with van der Waals surface area (Å²) in [7, 11) is 1.70. The first kappa shape index (κ1) is 15.6. The van der Waals surface area contributed by atoms with Crippen LogP contribution in [0, 0.1) is 13.8 Å². The standard InChI is InChI=1S/C19H25NO/c1-12(2)15-6-8-16(9-7-15)19(20)17-10-14(4)18(21-5)11-13(17)3/h6-12,19H,20H2,1-5H3. The van der Waals surface area contributed by atoms with Crippen molar-refractivity contribution >= 4 is 0 Å². The first-order valence-corrected chi connectivity index (χ1v) is 7.44. The van der Waals surface area contributed by atoms with Crippen LogP contribution >= 0.6 is 0 Å². The van der Waals surface area contributed by atoms with Crippen LogP contribution in [0.5, 0.6) is 5.75 Å². The Balaban J connectivity index is 2.35. The van der Waals surface area contributed by atoms with E-state index in [1.54, 1.807) is 7.11 Å². The maximum atomic E-state index is 6.46. The number of ether oxygens (including phenoxy) is 1. The molecule has 0 amide bonds. The monoisotopic (exact) mass is 283 g/mol. The zero-order valence-corrected chi connectivity index (χ0v) is 13.6. The van der Waals surface area contributed by atoms with E-state index < -0.39 is 0 Å². The lowest BCUT2D eigenvalue weighted by Crippen LogP contribution is -2.14. The second-order valence-corrected chi connectivity index (χ2v) is 5.98. The van der Waals surface area contributed by atoms with Gasteiger partial charge in [0.25, 0.3) is 0 Å². The topological polar surface area (TPSA) is 35.2 Å². The molecule has 2 N–H and O–H groups in total. The molecule has 2 aromatic rings. The number of hydrogen-bond acceptors (Lipinski definition) is 2. The Bertz CT molecular complexity index is 614. The van der Waals surface area contributed by atoms with Crippen molar-refractivity contribution in [2.45, 2.75) is 39.7 Å². The van der Waals surface area contributed by atoms with Crippen molar-refractivity contribution in [3.8, 4) is 5.75 Å². The van der Waals surface area contributed by atoms with Gasteiger partial charge in [-0.25, -0.2) is 0 Å². The van der Waals surface area contributed by atoms with Crippen molar-refractivity contribution in [2.24, 2.45) is 5.73 Å². The molecule has 0 radical (unpaired) electrons. The van der Waals surface area contributed by atoms with Gasteiger partial charge in [-0.15, -0.1) is 0 Å². The fourth-order valence-electron chi connectivity index (χ4n) is 2.63. The summed E-state index contributed by atoms with van der Waals surface area (Å²) in [5.41, 5.74) is 12.4. The molecular formula is C19H25NO. The van der Waals surface area contributed by atoms with Crippen LogP contribution in [0.1, 0.15) is 53.6 Å². The van der Waals surface area contributed by atoms with Crippen molar-refractivity contribution in [1.29, 1.82) is 0 Å². The molecule has 0 aromatic heterocycles. The number of methoxy groups -OCH3 is 1. The molecule has 2 heteroatoms. The minimum atomic E-state index is -0.101. The van der Waals surface area contributed by atoms with Crippen LogP contribution in [-0.4, -0.2) is 7.11 Å². The van der Waals surface area contributed by atoms with E-state index in [4.69, 9.17) is 10.5 Å². The highest BCUT2D eigenvalue weighted by molar-refractivity contribution is 5.45. The van der Waals surface area contributed by atoms with Gasteiger partial charge in [-0.05, 0) is 53.6 Å². The highest BCUT2D eigenvalue weighted by atomic mass is 16.5. The molecule has 112 valence electrons. The maximum absolute atomic E-state index is 6.46. The first-order chi connectivity index (χ1) is 9.93. The molecule has 0 bridgehead atoms. The summed E-state index contributed by atoms with van der Waals surface area (Å²) >= 11 is 0. The SMILES string of the molecule is COc1cc(C)c(C(N)c2ccc(C(C)C)cc2)cc1C. The van der Waals surface area contributed by atoms with Crippen LogP contribution in [0.3, 0.4) is 0 Å². The van der Waals surface area contributed by atoms with Crippen LogP contribution in [0.15, 0.2) is 36.4 Å². The minimum absolute atomic E-state index is 0.101. The van der Waals surface area contributed by atoms with Crippen molar-refractivity contribution in [2.75, 3.05) is 7.11 Å². The molecule has 0 saturated carbocycles. The highest BCUT2D eigenvalue weighted by Crippen LogP contribution is 2.29. The summed E-state index contributed by atoms with van der Waals surface area (Å²) in [6.45, 7) is 8.54. The Morgan fingerprint density at radius 1 is 0.905 bits per heavy atom. The molecule has 0 fully saturated rings. The Kier molecular flexibility index (Phi) is 4.69. The molecule has 2 rings (SSSR count). The second kappa shape index (κ2) is 6.31.